The maximum Gasteiger partial charge on any atom is 0.0710 e. The van der Waals surface area contributed by atoms with Gasteiger partial charge >= 0.3 is 0 Å². The van der Waals surface area contributed by atoms with Crippen LogP contribution >= 0.6 is 0 Å². The maximum atomic E-state index is 6.45. The number of hydrogen-bond acceptors (Lipinski definition) is 3. The highest BCUT2D eigenvalue weighted by Gasteiger charge is 2.43. The van der Waals surface area contributed by atoms with Crippen molar-refractivity contribution in [1.29, 1.82) is 0 Å². The van der Waals surface area contributed by atoms with Gasteiger partial charge in [-0.1, -0.05) is 19.8 Å². The lowest BCUT2D eigenvalue weighted by Crippen LogP contribution is -2.59. The van der Waals surface area contributed by atoms with E-state index < -0.39 is 0 Å². The molecule has 1 N–H and O–H groups in total. The van der Waals surface area contributed by atoms with Gasteiger partial charge in [0.15, 0.2) is 0 Å². The van der Waals surface area contributed by atoms with Crippen LogP contribution in [0, 0.1) is 0 Å². The molecule has 0 amide bonds. The van der Waals surface area contributed by atoms with E-state index in [1.165, 1.54) is 58.0 Å². The van der Waals surface area contributed by atoms with Crippen molar-refractivity contribution in [2.75, 3.05) is 26.2 Å². The van der Waals surface area contributed by atoms with E-state index in [-0.39, 0.29) is 0 Å². The number of nitrogens with one attached hydrogen (secondary N) is 1. The van der Waals surface area contributed by atoms with E-state index in [9.17, 15) is 0 Å². The second-order valence-electron chi connectivity index (χ2n) is 7.24. The van der Waals surface area contributed by atoms with Gasteiger partial charge in [0.05, 0.1) is 11.7 Å². The van der Waals surface area contributed by atoms with E-state index in [2.05, 4.69) is 24.1 Å². The van der Waals surface area contributed by atoms with E-state index in [1.54, 1.807) is 0 Å². The second-order valence-corrected chi connectivity index (χ2v) is 7.24. The summed E-state index contributed by atoms with van der Waals surface area (Å²) in [7, 11) is 0. The molecule has 3 rings (SSSR count). The van der Waals surface area contributed by atoms with Crippen LogP contribution in [0.2, 0.25) is 0 Å². The first-order valence-electron chi connectivity index (χ1n) is 8.28. The molecule has 2 unspecified atom stereocenters. The summed E-state index contributed by atoms with van der Waals surface area (Å²) in [4.78, 5) is 2.62. The highest BCUT2D eigenvalue weighted by atomic mass is 16.5. The predicted octanol–water partition coefficient (Wildman–Crippen LogP) is 2.55. The zero-order valence-electron chi connectivity index (χ0n) is 12.7. The average Bonchev–Trinajstić information content (AvgIpc) is 3.01. The quantitative estimate of drug-likeness (QED) is 0.849. The number of nitrogens with zero attached hydrogens (tertiary/aromatic N) is 1. The number of rotatable bonds is 3. The van der Waals surface area contributed by atoms with Crippen LogP contribution in [0.25, 0.3) is 0 Å². The highest BCUT2D eigenvalue weighted by Crippen LogP contribution is 2.43. The van der Waals surface area contributed by atoms with Gasteiger partial charge in [-0.2, -0.15) is 0 Å². The molecule has 1 aliphatic carbocycles. The minimum atomic E-state index is 0.298. The van der Waals surface area contributed by atoms with Crippen LogP contribution in [0.4, 0.5) is 0 Å². The Morgan fingerprint density at radius 3 is 2.79 bits per heavy atom. The Balaban J connectivity index is 1.52. The fourth-order valence-electron chi connectivity index (χ4n) is 4.24. The van der Waals surface area contributed by atoms with Gasteiger partial charge in [-0.15, -0.1) is 0 Å². The molecule has 0 aromatic heterocycles. The first-order valence-corrected chi connectivity index (χ1v) is 8.28. The third-order valence-corrected chi connectivity index (χ3v) is 5.65. The van der Waals surface area contributed by atoms with Crippen LogP contribution in [0.3, 0.4) is 0 Å². The van der Waals surface area contributed by atoms with E-state index in [0.29, 0.717) is 17.2 Å². The Morgan fingerprint density at radius 1 is 1.26 bits per heavy atom. The molecule has 2 heterocycles. The molecule has 3 aliphatic rings. The van der Waals surface area contributed by atoms with Crippen molar-refractivity contribution in [3.63, 3.8) is 0 Å². The summed E-state index contributed by atoms with van der Waals surface area (Å²) in [6, 6.07) is 0. The van der Waals surface area contributed by atoms with Crippen molar-refractivity contribution in [1.82, 2.24) is 10.2 Å². The normalized spacial score (nSPS) is 39.2. The molecular weight excluding hydrogens is 236 g/mol. The van der Waals surface area contributed by atoms with Crippen molar-refractivity contribution in [3.05, 3.63) is 0 Å². The monoisotopic (exact) mass is 266 g/mol. The van der Waals surface area contributed by atoms with Crippen molar-refractivity contribution in [3.8, 4) is 0 Å². The van der Waals surface area contributed by atoms with Crippen molar-refractivity contribution in [2.24, 2.45) is 0 Å². The number of hydrogen-bond donors (Lipinski definition) is 1. The van der Waals surface area contributed by atoms with Gasteiger partial charge in [0.2, 0.25) is 0 Å². The van der Waals surface area contributed by atoms with E-state index >= 15 is 0 Å². The zero-order chi connectivity index (χ0) is 13.3. The summed E-state index contributed by atoms with van der Waals surface area (Å²) in [6.45, 7) is 9.28. The highest BCUT2D eigenvalue weighted by molar-refractivity contribution is 4.95. The standard InChI is InChI=1S/C16H30N2O/c1-3-15(2)13-18(11-10-17-15)12-14-6-9-16(19-14)7-4-5-8-16/h14,17H,3-13H2,1-2H3. The van der Waals surface area contributed by atoms with Crippen LogP contribution in [-0.4, -0.2) is 48.3 Å². The Kier molecular flexibility index (Phi) is 3.89. The summed E-state index contributed by atoms with van der Waals surface area (Å²) >= 11 is 0. The molecule has 3 heteroatoms. The third kappa shape index (κ3) is 2.98. The molecule has 19 heavy (non-hydrogen) atoms. The Morgan fingerprint density at radius 2 is 2.05 bits per heavy atom. The molecule has 3 fully saturated rings. The minimum absolute atomic E-state index is 0.298. The van der Waals surface area contributed by atoms with Gasteiger partial charge in [0.25, 0.3) is 0 Å². The molecule has 0 bridgehead atoms. The van der Waals surface area contributed by atoms with Crippen LogP contribution < -0.4 is 5.32 Å². The SMILES string of the molecule is CCC1(C)CN(CC2CCC3(CCCC3)O2)CCN1. The molecule has 3 nitrogen and oxygen atoms in total. The summed E-state index contributed by atoms with van der Waals surface area (Å²) in [5, 5.41) is 3.67. The Labute approximate surface area is 118 Å². The maximum absolute atomic E-state index is 6.45. The average molecular weight is 266 g/mol. The molecule has 2 saturated heterocycles. The van der Waals surface area contributed by atoms with Crippen LogP contribution in [0.5, 0.6) is 0 Å². The first kappa shape index (κ1) is 13.8. The third-order valence-electron chi connectivity index (χ3n) is 5.65. The molecule has 2 aliphatic heterocycles. The molecule has 0 aromatic rings. The molecule has 0 aromatic carbocycles. The van der Waals surface area contributed by atoms with Gasteiger partial charge in [-0.25, -0.2) is 0 Å². The molecule has 1 spiro atoms. The van der Waals surface area contributed by atoms with Gasteiger partial charge in [-0.3, -0.25) is 4.90 Å². The zero-order valence-corrected chi connectivity index (χ0v) is 12.7. The number of ether oxygens (including phenoxy) is 1. The fraction of sp³-hybridized carbons (Fsp3) is 1.00. The second kappa shape index (κ2) is 5.34. The first-order chi connectivity index (χ1) is 9.13. The Hall–Kier alpha value is -0.120. The van der Waals surface area contributed by atoms with Gasteiger partial charge in [0, 0.05) is 31.7 Å². The summed E-state index contributed by atoms with van der Waals surface area (Å²) in [5.41, 5.74) is 0.606. The minimum Gasteiger partial charge on any atom is -0.370 e. The Bertz CT molecular complexity index is 314. The van der Waals surface area contributed by atoms with Crippen molar-refractivity contribution < 1.29 is 4.74 Å². The molecule has 0 radical (unpaired) electrons. The van der Waals surface area contributed by atoms with Crippen molar-refractivity contribution >= 4 is 0 Å². The molecule has 110 valence electrons. The summed E-state index contributed by atoms with van der Waals surface area (Å²) < 4.78 is 6.45. The lowest BCUT2D eigenvalue weighted by molar-refractivity contribution is -0.0515. The van der Waals surface area contributed by atoms with E-state index in [1.807, 2.05) is 0 Å². The lowest BCUT2D eigenvalue weighted by Gasteiger charge is -2.42. The largest absolute Gasteiger partial charge is 0.370 e. The topological polar surface area (TPSA) is 24.5 Å². The van der Waals surface area contributed by atoms with Crippen LogP contribution in [-0.2, 0) is 4.74 Å². The smallest absolute Gasteiger partial charge is 0.0710 e. The van der Waals surface area contributed by atoms with Crippen LogP contribution in [0.15, 0.2) is 0 Å². The number of piperazine rings is 1. The van der Waals surface area contributed by atoms with Crippen molar-refractivity contribution in [2.45, 2.75) is 76.0 Å². The lowest BCUT2D eigenvalue weighted by atomic mass is 9.95. The fourth-order valence-corrected chi connectivity index (χ4v) is 4.24. The van der Waals surface area contributed by atoms with Gasteiger partial charge in [-0.05, 0) is 39.0 Å². The summed E-state index contributed by atoms with van der Waals surface area (Å²) in [5.74, 6) is 0. The van der Waals surface area contributed by atoms with Crippen LogP contribution in [0.1, 0.15) is 58.8 Å². The molecule has 1 saturated carbocycles. The predicted molar refractivity (Wildman–Crippen MR) is 78.4 cm³/mol. The van der Waals surface area contributed by atoms with E-state index in [0.717, 1.165) is 13.1 Å². The van der Waals surface area contributed by atoms with E-state index in [4.69, 9.17) is 4.74 Å². The molecular formula is C16H30N2O. The molecule has 2 atom stereocenters. The van der Waals surface area contributed by atoms with Gasteiger partial charge < -0.3 is 10.1 Å². The summed E-state index contributed by atoms with van der Waals surface area (Å²) in [6.07, 6.45) is 9.70. The van der Waals surface area contributed by atoms with Gasteiger partial charge in [0.1, 0.15) is 0 Å².